The van der Waals surface area contributed by atoms with Crippen LogP contribution in [0.1, 0.15) is 13.8 Å². The minimum Gasteiger partial charge on any atom is -0.740 e. The zero-order valence-electron chi connectivity index (χ0n) is 9.14. The molecule has 0 heterocycles. The van der Waals surface area contributed by atoms with E-state index in [-0.39, 0.29) is 11.4 Å². The van der Waals surface area contributed by atoms with Crippen LogP contribution in [-0.4, -0.2) is 15.4 Å². The van der Waals surface area contributed by atoms with Gasteiger partial charge in [0.2, 0.25) is 0 Å². The van der Waals surface area contributed by atoms with Gasteiger partial charge in [-0.3, -0.25) is 0 Å². The number of anilines is 1. The van der Waals surface area contributed by atoms with Gasteiger partial charge in [-0.2, -0.15) is 0 Å². The maximum atomic E-state index is 10.3. The fourth-order valence-corrected chi connectivity index (χ4v) is 1.33. The van der Waals surface area contributed by atoms with Crippen molar-refractivity contribution in [2.75, 3.05) is 12.3 Å². The molecule has 1 aromatic carbocycles. The summed E-state index contributed by atoms with van der Waals surface area (Å²) in [6, 6.07) is 4.60. The number of benzene rings is 1. The van der Waals surface area contributed by atoms with Crippen LogP contribution in [0.3, 0.4) is 0 Å². The molecule has 1 aromatic rings. The van der Waals surface area contributed by atoms with E-state index in [0.29, 0.717) is 18.3 Å². The van der Waals surface area contributed by atoms with E-state index in [0.717, 1.165) is 0 Å². The van der Waals surface area contributed by atoms with Crippen molar-refractivity contribution in [3.05, 3.63) is 18.2 Å². The summed E-state index contributed by atoms with van der Waals surface area (Å²) in [5.74, 6) is 1.10. The van der Waals surface area contributed by atoms with Crippen molar-refractivity contribution in [2.45, 2.75) is 13.8 Å². The van der Waals surface area contributed by atoms with Crippen molar-refractivity contribution in [1.29, 1.82) is 0 Å². The molecule has 1 unspecified atom stereocenters. The Kier molecular flexibility index (Phi) is 4.57. The normalized spacial score (nSPS) is 12.5. The highest BCUT2D eigenvalue weighted by Gasteiger charge is 2.04. The van der Waals surface area contributed by atoms with Crippen LogP contribution in [0.4, 0.5) is 5.69 Å². The minimum atomic E-state index is -2.62. The summed E-state index contributed by atoms with van der Waals surface area (Å²) in [7, 11) is 0. The second-order valence-corrected chi connectivity index (χ2v) is 4.27. The Morgan fingerprint density at radius 2 is 2.19 bits per heavy atom. The first-order valence-corrected chi connectivity index (χ1v) is 5.79. The Labute approximate surface area is 97.0 Å². The molecule has 0 radical (unpaired) electrons. The van der Waals surface area contributed by atoms with Gasteiger partial charge < -0.3 is 19.2 Å². The number of hydrogen-bond donors (Lipinski definition) is 1. The molecule has 0 amide bonds. The number of rotatable bonds is 5. The Bertz CT molecular complexity index is 381. The lowest BCUT2D eigenvalue weighted by atomic mass is 10.2. The van der Waals surface area contributed by atoms with E-state index in [2.05, 4.69) is 4.18 Å². The van der Waals surface area contributed by atoms with Gasteiger partial charge in [-0.1, -0.05) is 13.8 Å². The molecular weight excluding hydrogens is 230 g/mol. The molecule has 6 heteroatoms. The molecule has 90 valence electrons. The van der Waals surface area contributed by atoms with Crippen molar-refractivity contribution in [3.63, 3.8) is 0 Å². The molecular formula is C10H14NO4S-. The molecule has 2 N–H and O–H groups in total. The number of nitrogens with two attached hydrogens (primary N) is 1. The van der Waals surface area contributed by atoms with Crippen LogP contribution in [0.25, 0.3) is 0 Å². The summed E-state index contributed by atoms with van der Waals surface area (Å²) in [5, 5.41) is 0. The van der Waals surface area contributed by atoms with Crippen LogP contribution in [0.15, 0.2) is 18.2 Å². The van der Waals surface area contributed by atoms with Crippen LogP contribution in [0.5, 0.6) is 11.5 Å². The highest BCUT2D eigenvalue weighted by Crippen LogP contribution is 2.27. The predicted octanol–water partition coefficient (Wildman–Crippen LogP) is 1.48. The molecule has 0 saturated heterocycles. The maximum Gasteiger partial charge on any atom is 0.162 e. The zero-order valence-corrected chi connectivity index (χ0v) is 9.95. The average Bonchev–Trinajstić information content (AvgIpc) is 2.18. The number of nitrogen functional groups attached to an aromatic ring is 1. The molecule has 0 aliphatic heterocycles. The summed E-state index contributed by atoms with van der Waals surface area (Å²) < 4.78 is 30.5. The second-order valence-electron chi connectivity index (χ2n) is 3.69. The third-order valence-corrected chi connectivity index (χ3v) is 2.04. The van der Waals surface area contributed by atoms with Crippen LogP contribution >= 0.6 is 0 Å². The van der Waals surface area contributed by atoms with Gasteiger partial charge in [0.1, 0.15) is 17.1 Å². The van der Waals surface area contributed by atoms with E-state index >= 15 is 0 Å². The fraction of sp³-hybridized carbons (Fsp3) is 0.400. The standard InChI is InChI=1S/C10H15NO4S/c1-7(2)6-14-8-3-4-10(9(11)5-8)15-16(12)13/h3-5,7H,6,11H2,1-2H3,(H,12,13)/p-1. The molecule has 16 heavy (non-hydrogen) atoms. The van der Waals surface area contributed by atoms with Crippen LogP contribution < -0.4 is 14.7 Å². The summed E-state index contributed by atoms with van der Waals surface area (Å²) >= 11 is -2.62. The van der Waals surface area contributed by atoms with Crippen molar-refractivity contribution in [1.82, 2.24) is 0 Å². The molecule has 0 fully saturated rings. The van der Waals surface area contributed by atoms with E-state index in [9.17, 15) is 8.76 Å². The Morgan fingerprint density at radius 1 is 1.50 bits per heavy atom. The molecule has 0 aromatic heterocycles. The quantitative estimate of drug-likeness (QED) is 0.626. The number of ether oxygens (including phenoxy) is 1. The topological polar surface area (TPSA) is 84.6 Å². The van der Waals surface area contributed by atoms with Crippen molar-refractivity contribution >= 4 is 17.0 Å². The van der Waals surface area contributed by atoms with Gasteiger partial charge in [0.05, 0.1) is 12.3 Å². The molecule has 1 rings (SSSR count). The van der Waals surface area contributed by atoms with Crippen molar-refractivity contribution in [2.24, 2.45) is 5.92 Å². The summed E-state index contributed by atoms with van der Waals surface area (Å²) in [4.78, 5) is 0. The summed E-state index contributed by atoms with van der Waals surface area (Å²) in [5.41, 5.74) is 5.82. The molecule has 0 aliphatic rings. The zero-order chi connectivity index (χ0) is 12.1. The van der Waals surface area contributed by atoms with Gasteiger partial charge in [-0.25, -0.2) is 4.21 Å². The highest BCUT2D eigenvalue weighted by molar-refractivity contribution is 7.74. The minimum absolute atomic E-state index is 0.102. The van der Waals surface area contributed by atoms with E-state index in [4.69, 9.17) is 10.5 Å². The maximum absolute atomic E-state index is 10.3. The fourth-order valence-electron chi connectivity index (χ4n) is 1.03. The van der Waals surface area contributed by atoms with Gasteiger partial charge in [0.15, 0.2) is 5.75 Å². The van der Waals surface area contributed by atoms with E-state index < -0.39 is 11.4 Å². The predicted molar refractivity (Wildman–Crippen MR) is 60.7 cm³/mol. The lowest BCUT2D eigenvalue weighted by Gasteiger charge is -2.12. The first kappa shape index (κ1) is 12.8. The van der Waals surface area contributed by atoms with Crippen molar-refractivity contribution in [3.8, 4) is 11.5 Å². The van der Waals surface area contributed by atoms with E-state index in [1.165, 1.54) is 12.1 Å². The molecule has 1 atom stereocenters. The lowest BCUT2D eigenvalue weighted by Crippen LogP contribution is -2.05. The van der Waals surface area contributed by atoms with Gasteiger partial charge in [-0.05, 0) is 18.1 Å². The summed E-state index contributed by atoms with van der Waals surface area (Å²) in [6.45, 7) is 4.63. The van der Waals surface area contributed by atoms with Gasteiger partial charge in [0, 0.05) is 6.07 Å². The van der Waals surface area contributed by atoms with Crippen molar-refractivity contribution < 1.29 is 17.7 Å². The Balaban J connectivity index is 2.70. The lowest BCUT2D eigenvalue weighted by molar-refractivity contribution is 0.271. The second kappa shape index (κ2) is 5.72. The number of hydrogen-bond acceptors (Lipinski definition) is 5. The molecule has 0 spiro atoms. The van der Waals surface area contributed by atoms with Crippen LogP contribution in [0.2, 0.25) is 0 Å². The van der Waals surface area contributed by atoms with Gasteiger partial charge in [-0.15, -0.1) is 0 Å². The first-order valence-electron chi connectivity index (χ1n) is 4.79. The van der Waals surface area contributed by atoms with Crippen LogP contribution in [-0.2, 0) is 11.4 Å². The van der Waals surface area contributed by atoms with Gasteiger partial charge >= 0.3 is 0 Å². The summed E-state index contributed by atoms with van der Waals surface area (Å²) in [6.07, 6.45) is 0. The Hall–Kier alpha value is -1.27. The molecule has 0 saturated carbocycles. The highest BCUT2D eigenvalue weighted by atomic mass is 32.2. The van der Waals surface area contributed by atoms with Crippen LogP contribution in [0, 0.1) is 5.92 Å². The smallest absolute Gasteiger partial charge is 0.162 e. The third kappa shape index (κ3) is 4.08. The monoisotopic (exact) mass is 244 g/mol. The molecule has 5 nitrogen and oxygen atoms in total. The first-order chi connectivity index (χ1) is 7.49. The average molecular weight is 244 g/mol. The SMILES string of the molecule is CC(C)COc1ccc(OS(=O)[O-])c(N)c1. The van der Waals surface area contributed by atoms with E-state index in [1.54, 1.807) is 6.07 Å². The third-order valence-electron chi connectivity index (χ3n) is 1.72. The molecule has 0 aliphatic carbocycles. The molecule has 0 bridgehead atoms. The largest absolute Gasteiger partial charge is 0.740 e. The Morgan fingerprint density at radius 3 is 2.69 bits per heavy atom. The van der Waals surface area contributed by atoms with Gasteiger partial charge in [0.25, 0.3) is 0 Å². The van der Waals surface area contributed by atoms with E-state index in [1.807, 2.05) is 13.8 Å².